The van der Waals surface area contributed by atoms with E-state index in [0.717, 1.165) is 22.5 Å². The summed E-state index contributed by atoms with van der Waals surface area (Å²) in [5.41, 5.74) is 4.29. The molecule has 0 aliphatic heterocycles. The Bertz CT molecular complexity index is 1020. The molecule has 3 rings (SSSR count). The van der Waals surface area contributed by atoms with E-state index in [2.05, 4.69) is 20.8 Å². The zero-order valence-electron chi connectivity index (χ0n) is 16.5. The summed E-state index contributed by atoms with van der Waals surface area (Å²) in [7, 11) is 0. The Labute approximate surface area is 169 Å². The lowest BCUT2D eigenvalue weighted by molar-refractivity contribution is 0.0526. The number of hydrogen-bond donors (Lipinski definition) is 2. The number of ether oxygens (including phenoxy) is 1. The molecule has 7 heteroatoms. The number of rotatable bonds is 6. The summed E-state index contributed by atoms with van der Waals surface area (Å²) >= 11 is 0. The van der Waals surface area contributed by atoms with Crippen molar-refractivity contribution in [2.24, 2.45) is 0 Å². The largest absolute Gasteiger partial charge is 0.462 e. The molecule has 0 fully saturated rings. The van der Waals surface area contributed by atoms with E-state index in [1.54, 1.807) is 43.3 Å². The Kier molecular flexibility index (Phi) is 6.19. The van der Waals surface area contributed by atoms with Crippen LogP contribution in [0.15, 0.2) is 54.6 Å². The number of amides is 1. The van der Waals surface area contributed by atoms with Gasteiger partial charge in [-0.05, 0) is 74.4 Å². The zero-order valence-corrected chi connectivity index (χ0v) is 16.5. The summed E-state index contributed by atoms with van der Waals surface area (Å²) < 4.78 is 4.96. The maximum Gasteiger partial charge on any atom is 0.338 e. The molecule has 0 aliphatic carbocycles. The number of esters is 1. The van der Waals surface area contributed by atoms with Gasteiger partial charge in [-0.25, -0.2) is 4.79 Å². The molecule has 0 unspecified atom stereocenters. The topological polar surface area (TPSA) is 93.2 Å². The molecule has 0 atom stereocenters. The summed E-state index contributed by atoms with van der Waals surface area (Å²) in [6.07, 6.45) is 0. The summed E-state index contributed by atoms with van der Waals surface area (Å²) in [5.74, 6) is -0.202. The van der Waals surface area contributed by atoms with Crippen LogP contribution in [0.1, 0.15) is 38.9 Å². The van der Waals surface area contributed by atoms with Crippen molar-refractivity contribution in [3.63, 3.8) is 0 Å². The molecule has 0 radical (unpaired) electrons. The predicted molar refractivity (Wildman–Crippen MR) is 112 cm³/mol. The molecule has 2 N–H and O–H groups in total. The first kappa shape index (κ1) is 20.0. The normalized spacial score (nSPS) is 10.3. The number of carbonyl (C=O) groups excluding carboxylic acids is 2. The molecule has 1 heterocycles. The van der Waals surface area contributed by atoms with Gasteiger partial charge in [-0.3, -0.25) is 4.79 Å². The second kappa shape index (κ2) is 8.97. The molecule has 1 aromatic heterocycles. The molecule has 7 nitrogen and oxygen atoms in total. The summed E-state index contributed by atoms with van der Waals surface area (Å²) in [5, 5.41) is 14.0. The Hall–Kier alpha value is -3.74. The molecule has 0 saturated carbocycles. The predicted octanol–water partition coefficient (Wildman–Crippen LogP) is 4.27. The molecule has 148 valence electrons. The van der Waals surface area contributed by atoms with E-state index in [-0.39, 0.29) is 17.6 Å². The van der Waals surface area contributed by atoms with Crippen molar-refractivity contribution in [1.82, 2.24) is 10.2 Å². The number of anilines is 3. The van der Waals surface area contributed by atoms with Crippen LogP contribution in [0, 0.1) is 13.8 Å². The van der Waals surface area contributed by atoms with E-state index < -0.39 is 0 Å². The highest BCUT2D eigenvalue weighted by atomic mass is 16.5. The van der Waals surface area contributed by atoms with Crippen molar-refractivity contribution in [2.45, 2.75) is 20.8 Å². The van der Waals surface area contributed by atoms with Crippen LogP contribution in [0.3, 0.4) is 0 Å². The molecule has 0 spiro atoms. The van der Waals surface area contributed by atoms with Crippen LogP contribution in [0.5, 0.6) is 0 Å². The van der Waals surface area contributed by atoms with Gasteiger partial charge in [0.25, 0.3) is 5.91 Å². The molecule has 0 bridgehead atoms. The van der Waals surface area contributed by atoms with Crippen molar-refractivity contribution in [1.29, 1.82) is 0 Å². The molecule has 29 heavy (non-hydrogen) atoms. The highest BCUT2D eigenvalue weighted by Crippen LogP contribution is 2.19. The number of nitrogens with zero attached hydrogens (tertiary/aromatic N) is 2. The lowest BCUT2D eigenvalue weighted by Crippen LogP contribution is -2.15. The summed E-state index contributed by atoms with van der Waals surface area (Å²) in [4.78, 5) is 24.1. The van der Waals surface area contributed by atoms with E-state index in [0.29, 0.717) is 18.0 Å². The average molecular weight is 390 g/mol. The Balaban J connectivity index is 1.64. The van der Waals surface area contributed by atoms with Gasteiger partial charge < -0.3 is 15.4 Å². The third kappa shape index (κ3) is 4.95. The van der Waals surface area contributed by atoms with Gasteiger partial charge in [0.2, 0.25) is 0 Å². The van der Waals surface area contributed by atoms with Gasteiger partial charge in [-0.1, -0.05) is 12.1 Å². The number of nitrogens with one attached hydrogen (secondary N) is 2. The van der Waals surface area contributed by atoms with Crippen molar-refractivity contribution in [3.8, 4) is 0 Å². The van der Waals surface area contributed by atoms with Gasteiger partial charge in [-0.2, -0.15) is 0 Å². The molecule has 2 aromatic carbocycles. The fourth-order valence-corrected chi connectivity index (χ4v) is 2.64. The monoisotopic (exact) mass is 390 g/mol. The van der Waals surface area contributed by atoms with Gasteiger partial charge in [0, 0.05) is 11.4 Å². The van der Waals surface area contributed by atoms with Crippen LogP contribution in [0.4, 0.5) is 17.2 Å². The third-order valence-corrected chi connectivity index (χ3v) is 4.42. The van der Waals surface area contributed by atoms with E-state index in [9.17, 15) is 9.59 Å². The summed E-state index contributed by atoms with van der Waals surface area (Å²) in [6, 6.07) is 15.8. The maximum atomic E-state index is 12.4. The maximum absolute atomic E-state index is 12.4. The Morgan fingerprint density at radius 3 is 2.38 bits per heavy atom. The summed E-state index contributed by atoms with van der Waals surface area (Å²) in [6.45, 7) is 6.04. The molecule has 0 aliphatic rings. The number of hydrogen-bond acceptors (Lipinski definition) is 6. The minimum atomic E-state index is -0.363. The first-order valence-corrected chi connectivity index (χ1v) is 9.23. The fourth-order valence-electron chi connectivity index (χ4n) is 2.64. The Morgan fingerprint density at radius 1 is 0.966 bits per heavy atom. The van der Waals surface area contributed by atoms with Crippen LogP contribution in [-0.2, 0) is 4.74 Å². The van der Waals surface area contributed by atoms with Crippen LogP contribution < -0.4 is 10.6 Å². The fraction of sp³-hybridized carbons (Fsp3) is 0.182. The third-order valence-electron chi connectivity index (χ3n) is 4.42. The number of aromatic nitrogens is 2. The van der Waals surface area contributed by atoms with Crippen LogP contribution >= 0.6 is 0 Å². The molecular formula is C22H22N4O3. The minimum Gasteiger partial charge on any atom is -0.462 e. The standard InChI is InChI=1S/C22H22N4O3/c1-4-29-22(28)16-8-10-17(11-9-16)23-20-13-12-19(25-26-20)21(27)24-18-7-5-6-14(2)15(18)3/h5-13H,4H2,1-3H3,(H,23,26)(H,24,27). The second-order valence-electron chi connectivity index (χ2n) is 6.43. The number of benzene rings is 2. The zero-order chi connectivity index (χ0) is 20.8. The minimum absolute atomic E-state index is 0.217. The van der Waals surface area contributed by atoms with Crippen molar-refractivity contribution < 1.29 is 14.3 Å². The van der Waals surface area contributed by atoms with Crippen molar-refractivity contribution >= 4 is 29.1 Å². The number of aryl methyl sites for hydroxylation is 1. The first-order valence-electron chi connectivity index (χ1n) is 9.23. The van der Waals surface area contributed by atoms with Crippen LogP contribution in [0.25, 0.3) is 0 Å². The number of carbonyl (C=O) groups is 2. The van der Waals surface area contributed by atoms with Crippen molar-refractivity contribution in [3.05, 3.63) is 77.0 Å². The van der Waals surface area contributed by atoms with Gasteiger partial charge in [0.1, 0.15) is 0 Å². The van der Waals surface area contributed by atoms with Gasteiger partial charge >= 0.3 is 5.97 Å². The van der Waals surface area contributed by atoms with Crippen molar-refractivity contribution in [2.75, 3.05) is 17.2 Å². The Morgan fingerprint density at radius 2 is 1.72 bits per heavy atom. The van der Waals surface area contributed by atoms with Crippen LogP contribution in [0.2, 0.25) is 0 Å². The first-order chi connectivity index (χ1) is 14.0. The van der Waals surface area contributed by atoms with Crippen LogP contribution in [-0.4, -0.2) is 28.7 Å². The highest BCUT2D eigenvalue weighted by molar-refractivity contribution is 6.03. The highest BCUT2D eigenvalue weighted by Gasteiger charge is 2.11. The molecule has 0 saturated heterocycles. The van der Waals surface area contributed by atoms with E-state index in [1.165, 1.54) is 0 Å². The lowest BCUT2D eigenvalue weighted by Gasteiger charge is -2.10. The van der Waals surface area contributed by atoms with Gasteiger partial charge in [0.05, 0.1) is 12.2 Å². The van der Waals surface area contributed by atoms with Gasteiger partial charge in [-0.15, -0.1) is 10.2 Å². The SMILES string of the molecule is CCOC(=O)c1ccc(Nc2ccc(C(=O)Nc3cccc(C)c3C)nn2)cc1. The van der Waals surface area contributed by atoms with E-state index >= 15 is 0 Å². The van der Waals surface area contributed by atoms with E-state index in [1.807, 2.05) is 32.0 Å². The van der Waals surface area contributed by atoms with Gasteiger partial charge in [0.15, 0.2) is 11.5 Å². The smallest absolute Gasteiger partial charge is 0.338 e. The molecule has 1 amide bonds. The average Bonchev–Trinajstić information content (AvgIpc) is 2.72. The quantitative estimate of drug-likeness (QED) is 0.611. The molecule has 3 aromatic rings. The second-order valence-corrected chi connectivity index (χ2v) is 6.43. The molecular weight excluding hydrogens is 368 g/mol. The lowest BCUT2D eigenvalue weighted by atomic mass is 10.1. The van der Waals surface area contributed by atoms with E-state index in [4.69, 9.17) is 4.74 Å².